The minimum absolute atomic E-state index is 0.172. The Morgan fingerprint density at radius 3 is 1.88 bits per heavy atom. The van der Waals surface area contributed by atoms with Crippen molar-refractivity contribution in [1.82, 2.24) is 4.90 Å². The Labute approximate surface area is 159 Å². The topological polar surface area (TPSA) is 32.3 Å². The molecule has 2 amide bonds. The maximum atomic E-state index is 13.0. The molecule has 3 nitrogen and oxygen atoms in total. The van der Waals surface area contributed by atoms with Crippen LogP contribution in [-0.4, -0.2) is 10.9 Å². The SMILES string of the molecule is Cc1cccc(Cl)c1NC(=O)N(Cc1ccccc1)Cc1ccccc1. The molecule has 1 N–H and O–H groups in total. The van der Waals surface area contributed by atoms with Gasteiger partial charge in [0.05, 0.1) is 10.7 Å². The molecule has 26 heavy (non-hydrogen) atoms. The molecule has 0 fully saturated rings. The lowest BCUT2D eigenvalue weighted by Crippen LogP contribution is -2.34. The van der Waals surface area contributed by atoms with E-state index in [0.717, 1.165) is 16.7 Å². The van der Waals surface area contributed by atoms with Crippen LogP contribution < -0.4 is 5.32 Å². The summed E-state index contributed by atoms with van der Waals surface area (Å²) in [6.07, 6.45) is 0. The number of urea groups is 1. The number of carbonyl (C=O) groups is 1. The molecule has 4 heteroatoms. The van der Waals surface area contributed by atoms with Crippen LogP contribution in [0.25, 0.3) is 0 Å². The number of nitrogens with zero attached hydrogens (tertiary/aromatic N) is 1. The fraction of sp³-hybridized carbons (Fsp3) is 0.136. The van der Waals surface area contributed by atoms with Gasteiger partial charge in [0, 0.05) is 13.1 Å². The molecular formula is C22H21ClN2O. The Morgan fingerprint density at radius 2 is 1.38 bits per heavy atom. The highest BCUT2D eigenvalue weighted by Crippen LogP contribution is 2.26. The van der Waals surface area contributed by atoms with Crippen LogP contribution in [-0.2, 0) is 13.1 Å². The Morgan fingerprint density at radius 1 is 0.846 bits per heavy atom. The van der Waals surface area contributed by atoms with Crippen molar-refractivity contribution < 1.29 is 4.79 Å². The standard InChI is InChI=1S/C22H21ClN2O/c1-17-9-8-14-20(23)21(17)24-22(26)25(15-18-10-4-2-5-11-18)16-19-12-6-3-7-13-19/h2-14H,15-16H2,1H3,(H,24,26). The second-order valence-electron chi connectivity index (χ2n) is 6.19. The van der Waals surface area contributed by atoms with Crippen LogP contribution in [0.2, 0.25) is 5.02 Å². The number of halogens is 1. The lowest BCUT2D eigenvalue weighted by Gasteiger charge is -2.24. The molecule has 132 valence electrons. The van der Waals surface area contributed by atoms with Gasteiger partial charge in [0.2, 0.25) is 0 Å². The molecule has 0 spiro atoms. The Hall–Kier alpha value is -2.78. The van der Waals surface area contributed by atoms with E-state index in [1.807, 2.05) is 79.7 Å². The monoisotopic (exact) mass is 364 g/mol. The number of benzene rings is 3. The molecule has 0 unspecified atom stereocenters. The first-order valence-corrected chi connectivity index (χ1v) is 8.90. The average molecular weight is 365 g/mol. The number of para-hydroxylation sites is 1. The van der Waals surface area contributed by atoms with Gasteiger partial charge in [-0.25, -0.2) is 4.79 Å². The molecule has 0 saturated carbocycles. The first kappa shape index (κ1) is 18.0. The number of hydrogen-bond acceptors (Lipinski definition) is 1. The van der Waals surface area contributed by atoms with Gasteiger partial charge in [-0.3, -0.25) is 0 Å². The summed E-state index contributed by atoms with van der Waals surface area (Å²) < 4.78 is 0. The molecule has 0 aliphatic heterocycles. The number of hydrogen-bond donors (Lipinski definition) is 1. The minimum atomic E-state index is -0.172. The summed E-state index contributed by atoms with van der Waals surface area (Å²) in [5.74, 6) is 0. The van der Waals surface area contributed by atoms with Crippen LogP contribution in [0.3, 0.4) is 0 Å². The van der Waals surface area contributed by atoms with Crippen LogP contribution in [0.5, 0.6) is 0 Å². The predicted molar refractivity (Wildman–Crippen MR) is 107 cm³/mol. The number of nitrogens with one attached hydrogen (secondary N) is 1. The highest BCUT2D eigenvalue weighted by atomic mass is 35.5. The fourth-order valence-corrected chi connectivity index (χ4v) is 3.05. The minimum Gasteiger partial charge on any atom is -0.316 e. The zero-order valence-electron chi connectivity index (χ0n) is 14.7. The van der Waals surface area contributed by atoms with Crippen molar-refractivity contribution in [3.05, 3.63) is 101 Å². The largest absolute Gasteiger partial charge is 0.322 e. The third-order valence-corrected chi connectivity index (χ3v) is 4.49. The molecule has 0 atom stereocenters. The molecule has 0 aliphatic rings. The summed E-state index contributed by atoms with van der Waals surface area (Å²) in [4.78, 5) is 14.8. The summed E-state index contributed by atoms with van der Waals surface area (Å²) in [5, 5.41) is 3.51. The van der Waals surface area contributed by atoms with E-state index in [1.165, 1.54) is 0 Å². The van der Waals surface area contributed by atoms with Crippen LogP contribution in [0.15, 0.2) is 78.9 Å². The third-order valence-electron chi connectivity index (χ3n) is 4.17. The zero-order valence-corrected chi connectivity index (χ0v) is 15.4. The van der Waals surface area contributed by atoms with Crippen molar-refractivity contribution in [3.8, 4) is 0 Å². The molecule has 0 aromatic heterocycles. The number of carbonyl (C=O) groups excluding carboxylic acids is 1. The highest BCUT2D eigenvalue weighted by Gasteiger charge is 2.17. The molecule has 3 aromatic rings. The summed E-state index contributed by atoms with van der Waals surface area (Å²) in [5.41, 5.74) is 3.75. The van der Waals surface area contributed by atoms with Crippen molar-refractivity contribution in [2.24, 2.45) is 0 Å². The lowest BCUT2D eigenvalue weighted by atomic mass is 10.1. The van der Waals surface area contributed by atoms with Crippen LogP contribution in [0, 0.1) is 6.92 Å². The molecule has 3 aromatic carbocycles. The molecule has 0 heterocycles. The summed E-state index contributed by atoms with van der Waals surface area (Å²) >= 11 is 6.27. The lowest BCUT2D eigenvalue weighted by molar-refractivity contribution is 0.206. The van der Waals surface area contributed by atoms with Crippen LogP contribution >= 0.6 is 11.6 Å². The van der Waals surface area contributed by atoms with Gasteiger partial charge in [-0.05, 0) is 29.7 Å². The van der Waals surface area contributed by atoms with Crippen molar-refractivity contribution >= 4 is 23.3 Å². The quantitative estimate of drug-likeness (QED) is 0.602. The smallest absolute Gasteiger partial charge is 0.316 e. The van der Waals surface area contributed by atoms with Crippen molar-refractivity contribution in [2.45, 2.75) is 20.0 Å². The normalized spacial score (nSPS) is 10.4. The molecule has 0 aliphatic carbocycles. The second kappa shape index (κ2) is 8.54. The maximum absolute atomic E-state index is 13.0. The van der Waals surface area contributed by atoms with Crippen LogP contribution in [0.4, 0.5) is 10.5 Å². The summed E-state index contributed by atoms with van der Waals surface area (Å²) in [6.45, 7) is 2.97. The molecular weight excluding hydrogens is 344 g/mol. The highest BCUT2D eigenvalue weighted by molar-refractivity contribution is 6.33. The van der Waals surface area contributed by atoms with E-state index in [0.29, 0.717) is 23.8 Å². The number of amides is 2. The number of rotatable bonds is 5. The van der Waals surface area contributed by atoms with E-state index in [4.69, 9.17) is 11.6 Å². The molecule has 0 saturated heterocycles. The summed E-state index contributed by atoms with van der Waals surface area (Å²) in [6, 6.07) is 25.3. The van der Waals surface area contributed by atoms with Crippen LogP contribution in [0.1, 0.15) is 16.7 Å². The van der Waals surface area contributed by atoms with Gasteiger partial charge in [0.1, 0.15) is 0 Å². The maximum Gasteiger partial charge on any atom is 0.322 e. The van der Waals surface area contributed by atoms with Gasteiger partial charge in [-0.2, -0.15) is 0 Å². The molecule has 0 radical (unpaired) electrons. The van der Waals surface area contributed by atoms with Crippen molar-refractivity contribution in [2.75, 3.05) is 5.32 Å². The average Bonchev–Trinajstić information content (AvgIpc) is 2.66. The Balaban J connectivity index is 1.83. The first-order valence-electron chi connectivity index (χ1n) is 8.52. The molecule has 0 bridgehead atoms. The van der Waals surface area contributed by atoms with E-state index in [1.54, 1.807) is 11.0 Å². The second-order valence-corrected chi connectivity index (χ2v) is 6.60. The third kappa shape index (κ3) is 4.64. The van der Waals surface area contributed by atoms with Gasteiger partial charge >= 0.3 is 6.03 Å². The van der Waals surface area contributed by atoms with Gasteiger partial charge < -0.3 is 10.2 Å². The van der Waals surface area contributed by atoms with E-state index < -0.39 is 0 Å². The Bertz CT molecular complexity index is 804. The Kier molecular flexibility index (Phi) is 5.92. The summed E-state index contributed by atoms with van der Waals surface area (Å²) in [7, 11) is 0. The van der Waals surface area contributed by atoms with Gasteiger partial charge in [-0.1, -0.05) is 84.4 Å². The fourth-order valence-electron chi connectivity index (χ4n) is 2.78. The van der Waals surface area contributed by atoms with E-state index in [9.17, 15) is 4.79 Å². The van der Waals surface area contributed by atoms with E-state index >= 15 is 0 Å². The van der Waals surface area contributed by atoms with Crippen molar-refractivity contribution in [3.63, 3.8) is 0 Å². The van der Waals surface area contributed by atoms with Gasteiger partial charge in [0.15, 0.2) is 0 Å². The molecule has 3 rings (SSSR count). The van der Waals surface area contributed by atoms with Gasteiger partial charge in [-0.15, -0.1) is 0 Å². The first-order chi connectivity index (χ1) is 12.6. The number of aryl methyl sites for hydroxylation is 1. The number of anilines is 1. The van der Waals surface area contributed by atoms with Crippen molar-refractivity contribution in [1.29, 1.82) is 0 Å². The predicted octanol–water partition coefficient (Wildman–Crippen LogP) is 5.88. The van der Waals surface area contributed by atoms with E-state index in [2.05, 4.69) is 5.32 Å². The van der Waals surface area contributed by atoms with Gasteiger partial charge in [0.25, 0.3) is 0 Å². The van der Waals surface area contributed by atoms with E-state index in [-0.39, 0.29) is 6.03 Å². The zero-order chi connectivity index (χ0) is 18.4.